The summed E-state index contributed by atoms with van der Waals surface area (Å²) < 4.78 is 6.45. The molecule has 0 radical (unpaired) electrons. The summed E-state index contributed by atoms with van der Waals surface area (Å²) in [5.41, 5.74) is 0.0545. The molecule has 1 aliphatic heterocycles. The molecule has 0 spiro atoms. The highest BCUT2D eigenvalue weighted by Crippen LogP contribution is 2.43. The number of likely N-dealkylation sites (N-methyl/N-ethyl adjacent to an activating group) is 1. The van der Waals surface area contributed by atoms with Gasteiger partial charge in [-0.3, -0.25) is 0 Å². The van der Waals surface area contributed by atoms with Gasteiger partial charge in [0, 0.05) is 55.6 Å². The highest BCUT2D eigenvalue weighted by Gasteiger charge is 2.42. The summed E-state index contributed by atoms with van der Waals surface area (Å²) in [5, 5.41) is 22.3. The molecular formula is C30H47N3O3S. The molecule has 2 heterocycles. The first-order valence-electron chi connectivity index (χ1n) is 14.4. The maximum absolute atomic E-state index is 13.5. The van der Waals surface area contributed by atoms with Gasteiger partial charge in [0.15, 0.2) is 0 Å². The van der Waals surface area contributed by atoms with Crippen molar-refractivity contribution < 1.29 is 14.6 Å². The molecule has 2 fully saturated rings. The first-order valence-corrected chi connectivity index (χ1v) is 15.3. The third kappa shape index (κ3) is 7.25. The van der Waals surface area contributed by atoms with Crippen LogP contribution in [0.4, 0.5) is 4.79 Å². The van der Waals surface area contributed by atoms with Gasteiger partial charge >= 0.3 is 6.03 Å². The molecular weight excluding hydrogens is 482 g/mol. The first kappa shape index (κ1) is 28.3. The summed E-state index contributed by atoms with van der Waals surface area (Å²) in [5.74, 6) is 0.716. The van der Waals surface area contributed by atoms with Gasteiger partial charge < -0.3 is 25.4 Å². The number of nitrogens with one attached hydrogen (secondary N) is 2. The van der Waals surface area contributed by atoms with Crippen LogP contribution in [0.25, 0.3) is 10.1 Å². The number of fused-ring (bicyclic) bond motifs is 1. The number of piperidine rings is 1. The molecule has 6 nitrogen and oxygen atoms in total. The first-order chi connectivity index (χ1) is 18.0. The molecule has 1 saturated heterocycles. The minimum Gasteiger partial charge on any atom is -0.385 e. The fraction of sp³-hybridized carbons (Fsp3) is 0.700. The lowest BCUT2D eigenvalue weighted by Gasteiger charge is -2.43. The van der Waals surface area contributed by atoms with Crippen LogP contribution in [-0.2, 0) is 10.3 Å². The molecule has 7 heteroatoms. The SMILES string of the molecule is CNC[C@H](CC1CCCCC1)NC(=O)N1CCC[C@@H]([C@@](O)(CCCCOC)c2cccc3ccsc23)C1. The van der Waals surface area contributed by atoms with Gasteiger partial charge in [0.2, 0.25) is 0 Å². The van der Waals surface area contributed by atoms with E-state index >= 15 is 0 Å². The summed E-state index contributed by atoms with van der Waals surface area (Å²) in [4.78, 5) is 15.5. The number of urea groups is 1. The van der Waals surface area contributed by atoms with Crippen molar-refractivity contribution in [3.8, 4) is 0 Å². The average molecular weight is 530 g/mol. The van der Waals surface area contributed by atoms with E-state index in [-0.39, 0.29) is 18.0 Å². The van der Waals surface area contributed by atoms with Crippen molar-refractivity contribution in [1.82, 2.24) is 15.5 Å². The van der Waals surface area contributed by atoms with Gasteiger partial charge in [-0.2, -0.15) is 0 Å². The van der Waals surface area contributed by atoms with Crippen LogP contribution in [0.1, 0.15) is 76.2 Å². The fourth-order valence-corrected chi connectivity index (χ4v) is 7.61. The zero-order valence-corrected chi connectivity index (χ0v) is 23.7. The van der Waals surface area contributed by atoms with Gasteiger partial charge in [-0.15, -0.1) is 11.3 Å². The Morgan fingerprint density at radius 2 is 2.03 bits per heavy atom. The van der Waals surface area contributed by atoms with Crippen molar-refractivity contribution in [2.45, 2.75) is 82.3 Å². The minimum atomic E-state index is -0.969. The summed E-state index contributed by atoms with van der Waals surface area (Å²) >= 11 is 1.70. The molecule has 0 unspecified atom stereocenters. The highest BCUT2D eigenvalue weighted by molar-refractivity contribution is 7.17. The number of carbonyl (C=O) groups is 1. The predicted octanol–water partition coefficient (Wildman–Crippen LogP) is 5.89. The number of aliphatic hydroxyl groups is 1. The lowest BCUT2D eigenvalue weighted by molar-refractivity contribution is -0.0551. The van der Waals surface area contributed by atoms with Crippen molar-refractivity contribution in [2.75, 3.05) is 40.4 Å². The number of amides is 2. The molecule has 0 bridgehead atoms. The van der Waals surface area contributed by atoms with Crippen LogP contribution >= 0.6 is 11.3 Å². The monoisotopic (exact) mass is 529 g/mol. The Hall–Kier alpha value is -1.67. The van der Waals surface area contributed by atoms with Crippen LogP contribution in [0.5, 0.6) is 0 Å². The van der Waals surface area contributed by atoms with Crippen molar-refractivity contribution in [3.05, 3.63) is 35.2 Å². The molecule has 2 aliphatic rings. The number of nitrogens with zero attached hydrogens (tertiary/aromatic N) is 1. The van der Waals surface area contributed by atoms with Crippen molar-refractivity contribution >= 4 is 27.5 Å². The van der Waals surface area contributed by atoms with Gasteiger partial charge in [-0.05, 0) is 68.3 Å². The van der Waals surface area contributed by atoms with Gasteiger partial charge in [-0.1, -0.05) is 50.3 Å². The molecule has 3 atom stereocenters. The average Bonchev–Trinajstić information content (AvgIpc) is 3.41. The Morgan fingerprint density at radius 1 is 1.19 bits per heavy atom. The van der Waals surface area contributed by atoms with Crippen LogP contribution in [0.15, 0.2) is 29.6 Å². The van der Waals surface area contributed by atoms with Gasteiger partial charge in [0.05, 0.1) is 5.60 Å². The van der Waals surface area contributed by atoms with Crippen LogP contribution in [-0.4, -0.2) is 62.5 Å². The van der Waals surface area contributed by atoms with Crippen LogP contribution in [0.3, 0.4) is 0 Å². The Balaban J connectivity index is 1.48. The number of ether oxygens (including phenoxy) is 1. The third-order valence-corrected chi connectivity index (χ3v) is 9.57. The third-order valence-electron chi connectivity index (χ3n) is 8.61. The van der Waals surface area contributed by atoms with Gasteiger partial charge in [0.1, 0.15) is 0 Å². The minimum absolute atomic E-state index is 0.00309. The molecule has 2 aromatic rings. The number of methoxy groups -OCH3 is 1. The smallest absolute Gasteiger partial charge is 0.317 e. The molecule has 3 N–H and O–H groups in total. The van der Waals surface area contributed by atoms with E-state index in [2.05, 4.69) is 40.3 Å². The van der Waals surface area contributed by atoms with Gasteiger partial charge in [-0.25, -0.2) is 4.79 Å². The molecule has 206 valence electrons. The summed E-state index contributed by atoms with van der Waals surface area (Å²) in [7, 11) is 3.69. The number of carbonyl (C=O) groups excluding carboxylic acids is 1. The number of benzene rings is 1. The van der Waals surface area contributed by atoms with Crippen molar-refractivity contribution in [3.63, 3.8) is 0 Å². The van der Waals surface area contributed by atoms with Gasteiger partial charge in [0.25, 0.3) is 0 Å². The van der Waals surface area contributed by atoms with Crippen molar-refractivity contribution in [1.29, 1.82) is 0 Å². The van der Waals surface area contributed by atoms with E-state index < -0.39 is 5.60 Å². The number of hydrogen-bond donors (Lipinski definition) is 3. The predicted molar refractivity (Wildman–Crippen MR) is 153 cm³/mol. The summed E-state index contributed by atoms with van der Waals surface area (Å²) in [6.45, 7) is 2.83. The molecule has 1 aliphatic carbocycles. The normalized spacial score (nSPS) is 21.6. The van der Waals surface area contributed by atoms with E-state index in [0.29, 0.717) is 25.5 Å². The standard InChI is InChI=1S/C30H47N3O3S/c1-31-21-26(20-23-10-4-3-5-11-23)32-29(34)33-17-9-13-25(22-33)30(35,16-6-7-18-36-2)27-14-8-12-24-15-19-37-28(24)27/h8,12,14-15,19,23,25-26,31,35H,3-7,9-11,13,16-18,20-22H2,1-2H3,(H,32,34)/t25-,26+,30+/m1/s1. The maximum Gasteiger partial charge on any atom is 0.317 e. The zero-order valence-electron chi connectivity index (χ0n) is 22.8. The molecule has 1 aromatic carbocycles. The summed E-state index contributed by atoms with van der Waals surface area (Å²) in [6.07, 6.45) is 11.9. The lowest BCUT2D eigenvalue weighted by atomic mass is 9.74. The fourth-order valence-electron chi connectivity index (χ4n) is 6.62. The second kappa shape index (κ2) is 13.9. The Morgan fingerprint density at radius 3 is 2.81 bits per heavy atom. The highest BCUT2D eigenvalue weighted by atomic mass is 32.1. The van der Waals surface area contributed by atoms with E-state index in [1.54, 1.807) is 18.4 Å². The Kier molecular flexibility index (Phi) is 10.7. The maximum atomic E-state index is 13.5. The van der Waals surface area contributed by atoms with E-state index in [0.717, 1.165) is 50.8 Å². The number of likely N-dealkylation sites (tertiary alicyclic amines) is 1. The van der Waals surface area contributed by atoms with E-state index in [4.69, 9.17) is 4.74 Å². The second-order valence-electron chi connectivity index (χ2n) is 11.2. The summed E-state index contributed by atoms with van der Waals surface area (Å²) in [6, 6.07) is 8.58. The Labute approximate surface area is 227 Å². The zero-order chi connectivity index (χ0) is 26.1. The van der Waals surface area contributed by atoms with Crippen LogP contribution in [0.2, 0.25) is 0 Å². The number of hydrogen-bond acceptors (Lipinski definition) is 5. The van der Waals surface area contributed by atoms with E-state index in [1.807, 2.05) is 11.9 Å². The number of thiophene rings is 1. The largest absolute Gasteiger partial charge is 0.385 e. The number of unbranched alkanes of at least 4 members (excludes halogenated alkanes) is 1. The Bertz CT molecular complexity index is 976. The number of rotatable bonds is 12. The second-order valence-corrected chi connectivity index (χ2v) is 12.2. The van der Waals surface area contributed by atoms with E-state index in [1.165, 1.54) is 42.2 Å². The van der Waals surface area contributed by atoms with E-state index in [9.17, 15) is 9.90 Å². The quantitative estimate of drug-likeness (QED) is 0.300. The van der Waals surface area contributed by atoms with Crippen molar-refractivity contribution in [2.24, 2.45) is 11.8 Å². The molecule has 1 aromatic heterocycles. The topological polar surface area (TPSA) is 73.8 Å². The van der Waals surface area contributed by atoms with Crippen LogP contribution in [0, 0.1) is 11.8 Å². The molecule has 1 saturated carbocycles. The van der Waals surface area contributed by atoms with Crippen LogP contribution < -0.4 is 10.6 Å². The molecule has 4 rings (SSSR count). The lowest BCUT2D eigenvalue weighted by Crippen LogP contribution is -2.54. The molecule has 37 heavy (non-hydrogen) atoms. The molecule has 2 amide bonds.